The second-order valence-corrected chi connectivity index (χ2v) is 16.9. The zero-order valence-corrected chi connectivity index (χ0v) is 34.2. The third kappa shape index (κ3) is 5.56. The van der Waals surface area contributed by atoms with Crippen molar-refractivity contribution in [2.24, 2.45) is 0 Å². The van der Waals surface area contributed by atoms with E-state index in [1.807, 2.05) is 0 Å². The maximum atomic E-state index is 2.44. The summed E-state index contributed by atoms with van der Waals surface area (Å²) in [6.45, 7) is 4.78. The molecule has 10 aromatic carbocycles. The first kappa shape index (κ1) is 35.3. The standard InChI is InChI=1S/C59H42N2/c1-59(2)55-37-45(33-35-51(55)52-36-34-46(38-56(52)59)61-57-23-9-7-19-53(57)54-20-8-10-24-58(54)61)60(43-29-25-41(26-30-43)49-21-11-15-39-13-3-5-17-47(39)49)44-31-27-42(28-32-44)50-22-12-16-40-14-4-6-18-48(40)50/h3-38H,1-2H3. The van der Waals surface area contributed by atoms with Gasteiger partial charge in [-0.1, -0.05) is 172 Å². The Morgan fingerprint density at radius 2 is 0.770 bits per heavy atom. The van der Waals surface area contributed by atoms with Gasteiger partial charge in [0, 0.05) is 38.9 Å². The lowest BCUT2D eigenvalue weighted by Crippen LogP contribution is -2.17. The molecule has 11 aromatic rings. The van der Waals surface area contributed by atoms with E-state index in [-0.39, 0.29) is 5.41 Å². The van der Waals surface area contributed by atoms with Crippen LogP contribution in [0, 0.1) is 0 Å². The summed E-state index contributed by atoms with van der Waals surface area (Å²) in [6.07, 6.45) is 0. The van der Waals surface area contributed by atoms with Crippen molar-refractivity contribution >= 4 is 60.4 Å². The van der Waals surface area contributed by atoms with Crippen molar-refractivity contribution in [2.75, 3.05) is 4.90 Å². The summed E-state index contributed by atoms with van der Waals surface area (Å²) in [7, 11) is 0. The Morgan fingerprint density at radius 1 is 0.344 bits per heavy atom. The lowest BCUT2D eigenvalue weighted by atomic mass is 9.82. The minimum absolute atomic E-state index is 0.225. The van der Waals surface area contributed by atoms with Crippen LogP contribution in [0.4, 0.5) is 17.1 Å². The van der Waals surface area contributed by atoms with Crippen LogP contribution in [-0.2, 0) is 5.41 Å². The highest BCUT2D eigenvalue weighted by Crippen LogP contribution is 2.52. The molecule has 1 heterocycles. The van der Waals surface area contributed by atoms with Crippen LogP contribution in [0.15, 0.2) is 218 Å². The van der Waals surface area contributed by atoms with Gasteiger partial charge in [0.1, 0.15) is 0 Å². The highest BCUT2D eigenvalue weighted by Gasteiger charge is 2.36. The SMILES string of the molecule is CC1(C)c2cc(N(c3ccc(-c4cccc5ccccc45)cc3)c3ccc(-c4cccc5ccccc45)cc3)ccc2-c2ccc(-n3c4ccccc4c4ccccc43)cc21. The molecular weight excluding hydrogens is 737 g/mol. The third-order valence-electron chi connectivity index (χ3n) is 13.2. The molecule has 1 aromatic heterocycles. The van der Waals surface area contributed by atoms with Crippen LogP contribution < -0.4 is 4.90 Å². The van der Waals surface area contributed by atoms with Gasteiger partial charge in [0.05, 0.1) is 11.0 Å². The summed E-state index contributed by atoms with van der Waals surface area (Å²) in [6, 6.07) is 80.4. The van der Waals surface area contributed by atoms with E-state index in [0.29, 0.717) is 0 Å². The van der Waals surface area contributed by atoms with Crippen molar-refractivity contribution < 1.29 is 0 Å². The van der Waals surface area contributed by atoms with E-state index < -0.39 is 0 Å². The van der Waals surface area contributed by atoms with Crippen molar-refractivity contribution in [3.8, 4) is 39.1 Å². The van der Waals surface area contributed by atoms with Crippen LogP contribution in [-0.4, -0.2) is 4.57 Å². The molecule has 1 aliphatic carbocycles. The molecular formula is C59H42N2. The van der Waals surface area contributed by atoms with Gasteiger partial charge >= 0.3 is 0 Å². The fourth-order valence-electron chi connectivity index (χ4n) is 10.2. The number of benzene rings is 10. The maximum Gasteiger partial charge on any atom is 0.0541 e. The fourth-order valence-corrected chi connectivity index (χ4v) is 10.2. The molecule has 0 unspecified atom stereocenters. The zero-order chi connectivity index (χ0) is 40.7. The second-order valence-electron chi connectivity index (χ2n) is 16.9. The molecule has 0 amide bonds. The van der Waals surface area contributed by atoms with E-state index >= 15 is 0 Å². The highest BCUT2D eigenvalue weighted by atomic mass is 15.1. The largest absolute Gasteiger partial charge is 0.310 e. The van der Waals surface area contributed by atoms with E-state index in [1.165, 1.54) is 93.5 Å². The Balaban J connectivity index is 0.973. The van der Waals surface area contributed by atoms with Crippen LogP contribution in [0.5, 0.6) is 0 Å². The normalized spacial score (nSPS) is 12.9. The predicted molar refractivity (Wildman–Crippen MR) is 259 cm³/mol. The maximum absolute atomic E-state index is 2.44. The summed E-state index contributed by atoms with van der Waals surface area (Å²) in [5.41, 5.74) is 17.0. The molecule has 1 aliphatic rings. The van der Waals surface area contributed by atoms with Gasteiger partial charge in [-0.2, -0.15) is 0 Å². The Bertz CT molecular complexity index is 3310. The van der Waals surface area contributed by atoms with E-state index in [0.717, 1.165) is 17.1 Å². The van der Waals surface area contributed by atoms with E-state index in [1.54, 1.807) is 0 Å². The van der Waals surface area contributed by atoms with Gasteiger partial charge < -0.3 is 9.47 Å². The Morgan fingerprint density at radius 3 is 1.31 bits per heavy atom. The van der Waals surface area contributed by atoms with Gasteiger partial charge in [-0.3, -0.25) is 0 Å². The summed E-state index contributed by atoms with van der Waals surface area (Å²) in [5.74, 6) is 0. The molecule has 0 bridgehead atoms. The summed E-state index contributed by atoms with van der Waals surface area (Å²) in [4.78, 5) is 2.42. The summed E-state index contributed by atoms with van der Waals surface area (Å²) >= 11 is 0. The number of hydrogen-bond acceptors (Lipinski definition) is 1. The van der Waals surface area contributed by atoms with Crippen LogP contribution in [0.1, 0.15) is 25.0 Å². The third-order valence-corrected chi connectivity index (χ3v) is 13.2. The molecule has 0 radical (unpaired) electrons. The predicted octanol–water partition coefficient (Wildman–Crippen LogP) is 16.2. The van der Waals surface area contributed by atoms with E-state index in [2.05, 4.69) is 242 Å². The Labute approximate surface area is 356 Å². The number of aromatic nitrogens is 1. The van der Waals surface area contributed by atoms with Crippen molar-refractivity contribution in [2.45, 2.75) is 19.3 Å². The average Bonchev–Trinajstić information content (AvgIpc) is 3.77. The van der Waals surface area contributed by atoms with Crippen molar-refractivity contribution in [3.05, 3.63) is 230 Å². The molecule has 288 valence electrons. The van der Waals surface area contributed by atoms with Crippen LogP contribution in [0.3, 0.4) is 0 Å². The number of rotatable bonds is 6. The number of para-hydroxylation sites is 2. The minimum Gasteiger partial charge on any atom is -0.310 e. The molecule has 2 nitrogen and oxygen atoms in total. The first-order valence-corrected chi connectivity index (χ1v) is 21.3. The average molecular weight is 779 g/mol. The molecule has 0 saturated carbocycles. The minimum atomic E-state index is -0.225. The monoisotopic (exact) mass is 778 g/mol. The summed E-state index contributed by atoms with van der Waals surface area (Å²) < 4.78 is 2.43. The second kappa shape index (κ2) is 13.7. The highest BCUT2D eigenvalue weighted by molar-refractivity contribution is 6.09. The fraction of sp³-hybridized carbons (Fsp3) is 0.0508. The van der Waals surface area contributed by atoms with Crippen molar-refractivity contribution in [1.29, 1.82) is 0 Å². The van der Waals surface area contributed by atoms with Crippen molar-refractivity contribution in [1.82, 2.24) is 4.57 Å². The van der Waals surface area contributed by atoms with Gasteiger partial charge in [0.25, 0.3) is 0 Å². The first-order chi connectivity index (χ1) is 30.0. The van der Waals surface area contributed by atoms with Crippen LogP contribution in [0.25, 0.3) is 82.4 Å². The van der Waals surface area contributed by atoms with Crippen molar-refractivity contribution in [3.63, 3.8) is 0 Å². The Kier molecular flexibility index (Phi) is 7.92. The number of fused-ring (bicyclic) bond motifs is 8. The van der Waals surface area contributed by atoms with Gasteiger partial charge in [0.2, 0.25) is 0 Å². The topological polar surface area (TPSA) is 8.17 Å². The smallest absolute Gasteiger partial charge is 0.0541 e. The molecule has 0 atom stereocenters. The molecule has 0 spiro atoms. The van der Waals surface area contributed by atoms with Gasteiger partial charge in [-0.05, 0) is 127 Å². The van der Waals surface area contributed by atoms with Crippen LogP contribution >= 0.6 is 0 Å². The molecule has 0 fully saturated rings. The van der Waals surface area contributed by atoms with E-state index in [9.17, 15) is 0 Å². The molecule has 0 saturated heterocycles. The lowest BCUT2D eigenvalue weighted by molar-refractivity contribution is 0.660. The summed E-state index contributed by atoms with van der Waals surface area (Å²) in [5, 5.41) is 7.59. The molecule has 0 N–H and O–H groups in total. The molecule has 61 heavy (non-hydrogen) atoms. The zero-order valence-electron chi connectivity index (χ0n) is 34.2. The Hall–Kier alpha value is -7.68. The van der Waals surface area contributed by atoms with E-state index in [4.69, 9.17) is 0 Å². The van der Waals surface area contributed by atoms with Crippen LogP contribution in [0.2, 0.25) is 0 Å². The first-order valence-electron chi connectivity index (χ1n) is 21.3. The van der Waals surface area contributed by atoms with Gasteiger partial charge in [-0.15, -0.1) is 0 Å². The molecule has 0 aliphatic heterocycles. The number of nitrogens with zero attached hydrogens (tertiary/aromatic N) is 2. The lowest BCUT2D eigenvalue weighted by Gasteiger charge is -2.28. The van der Waals surface area contributed by atoms with Gasteiger partial charge in [0.15, 0.2) is 0 Å². The number of anilines is 3. The van der Waals surface area contributed by atoms with Gasteiger partial charge in [-0.25, -0.2) is 0 Å². The number of hydrogen-bond donors (Lipinski definition) is 0. The molecule has 12 rings (SSSR count). The molecule has 2 heteroatoms. The quantitative estimate of drug-likeness (QED) is 0.163.